The highest BCUT2D eigenvalue weighted by Crippen LogP contribution is 2.50. The van der Waals surface area contributed by atoms with Crippen molar-refractivity contribution in [2.45, 2.75) is 73.5 Å². The van der Waals surface area contributed by atoms with Crippen LogP contribution in [0.1, 0.15) is 72.8 Å². The summed E-state index contributed by atoms with van der Waals surface area (Å²) < 4.78 is 69.3. The molecule has 0 atom stereocenters. The lowest BCUT2D eigenvalue weighted by molar-refractivity contribution is -0.160. The van der Waals surface area contributed by atoms with Crippen molar-refractivity contribution in [1.82, 2.24) is 14.3 Å². The van der Waals surface area contributed by atoms with Gasteiger partial charge >= 0.3 is 6.18 Å². The topological polar surface area (TPSA) is 107 Å². The number of carbonyl (C=O) groups is 1. The van der Waals surface area contributed by atoms with Gasteiger partial charge in [-0.05, 0) is 80.2 Å². The molecule has 11 heteroatoms. The maximum absolute atomic E-state index is 13.3. The third kappa shape index (κ3) is 3.71. The van der Waals surface area contributed by atoms with E-state index in [0.29, 0.717) is 33.8 Å². The van der Waals surface area contributed by atoms with Crippen molar-refractivity contribution in [1.29, 1.82) is 0 Å². The number of fused-ring (bicyclic) bond motifs is 1. The normalized spacial score (nSPS) is 19.9. The molecule has 0 saturated heterocycles. The van der Waals surface area contributed by atoms with Crippen LogP contribution < -0.4 is 10.5 Å². The number of alkyl halides is 3. The summed E-state index contributed by atoms with van der Waals surface area (Å²) >= 11 is 0. The third-order valence-electron chi connectivity index (χ3n) is 7.66. The van der Waals surface area contributed by atoms with E-state index in [1.54, 1.807) is 0 Å². The number of rotatable bonds is 7. The number of hydrogen-bond acceptors (Lipinski definition) is 4. The van der Waals surface area contributed by atoms with Gasteiger partial charge < -0.3 is 10.3 Å². The van der Waals surface area contributed by atoms with Crippen LogP contribution in [0.2, 0.25) is 0 Å². The van der Waals surface area contributed by atoms with E-state index < -0.39 is 27.6 Å². The van der Waals surface area contributed by atoms with E-state index in [9.17, 15) is 26.4 Å². The first-order valence-corrected chi connectivity index (χ1v) is 13.5. The SMILES string of the molecule is NC(=O)c1c(-c2ccc(S(=O)(=O)NC3(C(F)(F)F)CC3)cc2)n(C2CCC2)c2ncc(C3CC3)cc12. The van der Waals surface area contributed by atoms with Gasteiger partial charge in [-0.3, -0.25) is 4.79 Å². The van der Waals surface area contributed by atoms with Gasteiger partial charge in [0.25, 0.3) is 5.91 Å². The lowest BCUT2D eigenvalue weighted by Crippen LogP contribution is -2.47. The highest BCUT2D eigenvalue weighted by atomic mass is 32.2. The number of amides is 1. The summed E-state index contributed by atoms with van der Waals surface area (Å²) in [4.78, 5) is 17.1. The molecule has 3 aliphatic carbocycles. The van der Waals surface area contributed by atoms with Crippen LogP contribution in [-0.2, 0) is 10.0 Å². The molecular weight excluding hydrogens is 493 g/mol. The summed E-state index contributed by atoms with van der Waals surface area (Å²) in [6, 6.07) is 7.66. The molecule has 1 aromatic carbocycles. The Hall–Kier alpha value is -2.92. The zero-order valence-corrected chi connectivity index (χ0v) is 20.1. The molecule has 2 aromatic heterocycles. The van der Waals surface area contributed by atoms with Gasteiger partial charge in [0.1, 0.15) is 11.2 Å². The van der Waals surface area contributed by atoms with Gasteiger partial charge in [-0.1, -0.05) is 12.1 Å². The Labute approximate surface area is 205 Å². The van der Waals surface area contributed by atoms with Crippen LogP contribution in [0, 0.1) is 0 Å². The minimum Gasteiger partial charge on any atom is -0.366 e. The van der Waals surface area contributed by atoms with Gasteiger partial charge in [0.05, 0.1) is 16.2 Å². The summed E-state index contributed by atoms with van der Waals surface area (Å²) in [5, 5.41) is 0.674. The summed E-state index contributed by atoms with van der Waals surface area (Å²) in [5.41, 5.74) is 6.63. The maximum Gasteiger partial charge on any atom is 0.407 e. The van der Waals surface area contributed by atoms with Gasteiger partial charge in [0, 0.05) is 17.6 Å². The number of pyridine rings is 1. The molecule has 6 rings (SSSR count). The number of sulfonamides is 1. The van der Waals surface area contributed by atoms with E-state index in [4.69, 9.17) is 10.7 Å². The number of nitrogens with one attached hydrogen (secondary N) is 1. The summed E-state index contributed by atoms with van der Waals surface area (Å²) in [7, 11) is -4.40. The van der Waals surface area contributed by atoms with Gasteiger partial charge in [-0.15, -0.1) is 0 Å². The predicted octanol–water partition coefficient (Wildman–Crippen LogP) is 4.78. The Morgan fingerprint density at radius 2 is 1.78 bits per heavy atom. The second kappa shape index (κ2) is 7.79. The Morgan fingerprint density at radius 3 is 2.28 bits per heavy atom. The quantitative estimate of drug-likeness (QED) is 0.470. The second-order valence-electron chi connectivity index (χ2n) is 10.2. The second-order valence-corrected chi connectivity index (χ2v) is 11.8. The number of carbonyl (C=O) groups excluding carboxylic acids is 1. The lowest BCUT2D eigenvalue weighted by Gasteiger charge is -2.30. The summed E-state index contributed by atoms with van der Waals surface area (Å²) in [5.74, 6) is -0.177. The van der Waals surface area contributed by atoms with Crippen LogP contribution in [0.15, 0.2) is 41.4 Å². The fourth-order valence-electron chi connectivity index (χ4n) is 5.05. The Morgan fingerprint density at radius 1 is 1.11 bits per heavy atom. The lowest BCUT2D eigenvalue weighted by atomic mass is 9.92. The molecule has 1 amide bonds. The minimum atomic E-state index is -4.66. The van der Waals surface area contributed by atoms with Crippen LogP contribution in [0.3, 0.4) is 0 Å². The van der Waals surface area contributed by atoms with Crippen LogP contribution in [-0.4, -0.2) is 35.6 Å². The molecule has 190 valence electrons. The van der Waals surface area contributed by atoms with Crippen LogP contribution in [0.5, 0.6) is 0 Å². The highest BCUT2D eigenvalue weighted by Gasteiger charge is 2.65. The molecule has 3 aromatic rings. The van der Waals surface area contributed by atoms with E-state index >= 15 is 0 Å². The molecule has 3 N–H and O–H groups in total. The van der Waals surface area contributed by atoms with Crippen molar-refractivity contribution in [3.63, 3.8) is 0 Å². The smallest absolute Gasteiger partial charge is 0.366 e. The minimum absolute atomic E-state index is 0.126. The summed E-state index contributed by atoms with van der Waals surface area (Å²) in [6.45, 7) is 0. The number of aromatic nitrogens is 2. The zero-order valence-electron chi connectivity index (χ0n) is 19.3. The zero-order chi connectivity index (χ0) is 25.5. The third-order valence-corrected chi connectivity index (χ3v) is 9.21. The van der Waals surface area contributed by atoms with E-state index in [2.05, 4.69) is 0 Å². The number of benzene rings is 1. The van der Waals surface area contributed by atoms with Gasteiger partial charge in [-0.25, -0.2) is 13.4 Å². The first-order chi connectivity index (χ1) is 17.0. The molecule has 0 spiro atoms. The van der Waals surface area contributed by atoms with E-state index in [1.807, 2.05) is 21.6 Å². The Kier molecular flexibility index (Phi) is 5.08. The van der Waals surface area contributed by atoms with Crippen LogP contribution in [0.4, 0.5) is 13.2 Å². The van der Waals surface area contributed by atoms with E-state index in [1.165, 1.54) is 24.3 Å². The van der Waals surface area contributed by atoms with E-state index in [-0.39, 0.29) is 23.8 Å². The van der Waals surface area contributed by atoms with Crippen molar-refractivity contribution in [3.8, 4) is 11.3 Å². The number of nitrogens with two attached hydrogens (primary N) is 1. The number of nitrogens with zero attached hydrogens (tertiary/aromatic N) is 2. The molecular formula is C25H25F3N4O3S. The number of halogens is 3. The van der Waals surface area contributed by atoms with Crippen molar-refractivity contribution in [2.24, 2.45) is 5.73 Å². The van der Waals surface area contributed by atoms with Crippen molar-refractivity contribution in [2.75, 3.05) is 0 Å². The molecule has 0 aliphatic heterocycles. The largest absolute Gasteiger partial charge is 0.407 e. The van der Waals surface area contributed by atoms with Crippen molar-refractivity contribution < 1.29 is 26.4 Å². The molecule has 3 aliphatic rings. The molecule has 3 fully saturated rings. The average molecular weight is 519 g/mol. The average Bonchev–Trinajstić information content (AvgIpc) is 3.70. The fourth-order valence-corrected chi connectivity index (χ4v) is 6.50. The van der Waals surface area contributed by atoms with Crippen LogP contribution in [0.25, 0.3) is 22.3 Å². The maximum atomic E-state index is 13.3. The predicted molar refractivity (Wildman–Crippen MR) is 127 cm³/mol. The number of primary amides is 1. The molecule has 2 heterocycles. The molecule has 0 radical (unpaired) electrons. The van der Waals surface area contributed by atoms with Crippen molar-refractivity contribution >= 4 is 27.0 Å². The van der Waals surface area contributed by atoms with Gasteiger partial charge in [0.2, 0.25) is 10.0 Å². The molecule has 3 saturated carbocycles. The summed E-state index contributed by atoms with van der Waals surface area (Å²) in [6.07, 6.45) is 1.64. The van der Waals surface area contributed by atoms with E-state index in [0.717, 1.165) is 37.7 Å². The molecule has 0 unspecified atom stereocenters. The standard InChI is InChI=1S/C25H25F3N4O3S/c26-25(27,28)24(10-11-24)31-36(34,35)18-8-6-15(7-9-18)21-20(22(29)33)19-12-16(14-4-5-14)13-30-23(19)32(21)17-2-1-3-17/h6-9,12-14,17,31H,1-5,10-11H2,(H2,29,33). The number of hydrogen-bond donors (Lipinski definition) is 2. The van der Waals surface area contributed by atoms with Gasteiger partial charge in [0.15, 0.2) is 0 Å². The highest BCUT2D eigenvalue weighted by molar-refractivity contribution is 7.89. The van der Waals surface area contributed by atoms with Crippen LogP contribution >= 0.6 is 0 Å². The first-order valence-electron chi connectivity index (χ1n) is 12.1. The first kappa shape index (κ1) is 23.5. The monoisotopic (exact) mass is 518 g/mol. The molecule has 36 heavy (non-hydrogen) atoms. The fraction of sp³-hybridized carbons (Fsp3) is 0.440. The van der Waals surface area contributed by atoms with Gasteiger partial charge in [-0.2, -0.15) is 17.9 Å². The Balaban J connectivity index is 1.44. The molecule has 7 nitrogen and oxygen atoms in total. The molecule has 0 bridgehead atoms. The van der Waals surface area contributed by atoms with Crippen molar-refractivity contribution in [3.05, 3.63) is 47.7 Å². The Bertz CT molecular complexity index is 1480.